The Balaban J connectivity index is 1.97. The Morgan fingerprint density at radius 2 is 1.46 bits per heavy atom. The minimum atomic E-state index is -4.88. The number of para-hydroxylation sites is 1. The standard InChI is InChI=1S/C26H20ClF4N3O2S/c27-21-11-12-24(32-17-21)25(16-18-7-3-1-4-8-18,19-13-20(26(29,30)31)15-22(28)14-19)34-37(35,36)33-23-9-5-2-6-10-23/h1-15,17,33-34H,16H2/t25-/m0/s1. The SMILES string of the molecule is O=S(=O)(Nc1ccccc1)N[C@@](Cc1ccccc1)(c1cc(F)cc(C(F)(F)F)c1)c1ccc(Cl)cn1. The second kappa shape index (κ2) is 10.5. The molecular weight excluding hydrogens is 530 g/mol. The average Bonchev–Trinajstić information content (AvgIpc) is 2.84. The molecule has 1 aromatic heterocycles. The summed E-state index contributed by atoms with van der Waals surface area (Å²) >= 11 is 6.00. The highest BCUT2D eigenvalue weighted by Crippen LogP contribution is 2.38. The van der Waals surface area contributed by atoms with Crippen molar-refractivity contribution in [2.24, 2.45) is 0 Å². The van der Waals surface area contributed by atoms with E-state index in [-0.39, 0.29) is 28.4 Å². The Hall–Kier alpha value is -3.47. The first-order valence-corrected chi connectivity index (χ1v) is 12.7. The van der Waals surface area contributed by atoms with Crippen LogP contribution in [0.15, 0.2) is 97.2 Å². The number of pyridine rings is 1. The van der Waals surface area contributed by atoms with Gasteiger partial charge in [-0.2, -0.15) is 26.3 Å². The fraction of sp³-hybridized carbons (Fsp3) is 0.115. The molecule has 4 aromatic rings. The van der Waals surface area contributed by atoms with Crippen molar-refractivity contribution in [1.29, 1.82) is 0 Å². The Bertz CT molecular complexity index is 1470. The van der Waals surface area contributed by atoms with Crippen LogP contribution in [0.5, 0.6) is 0 Å². The molecule has 1 heterocycles. The molecule has 0 saturated heterocycles. The van der Waals surface area contributed by atoms with Crippen molar-refractivity contribution in [2.45, 2.75) is 18.1 Å². The first-order chi connectivity index (χ1) is 17.5. The molecule has 0 aliphatic heterocycles. The van der Waals surface area contributed by atoms with Gasteiger partial charge < -0.3 is 0 Å². The highest BCUT2D eigenvalue weighted by atomic mass is 35.5. The van der Waals surface area contributed by atoms with Crippen molar-refractivity contribution < 1.29 is 26.0 Å². The van der Waals surface area contributed by atoms with Crippen LogP contribution < -0.4 is 9.44 Å². The first kappa shape index (κ1) is 26.6. The van der Waals surface area contributed by atoms with E-state index in [1.165, 1.54) is 30.5 Å². The third kappa shape index (κ3) is 6.46. The minimum absolute atomic E-state index is 0.0120. The molecular formula is C26H20ClF4N3O2S. The molecule has 0 aliphatic rings. The molecule has 0 amide bonds. The minimum Gasteiger partial charge on any atom is -0.271 e. The van der Waals surface area contributed by atoms with Gasteiger partial charge in [0.1, 0.15) is 11.4 Å². The molecule has 37 heavy (non-hydrogen) atoms. The van der Waals surface area contributed by atoms with E-state index < -0.39 is 33.3 Å². The maximum Gasteiger partial charge on any atom is 0.416 e. The van der Waals surface area contributed by atoms with Crippen LogP contribution in [0, 0.1) is 5.82 Å². The topological polar surface area (TPSA) is 71.1 Å². The number of alkyl halides is 3. The summed E-state index contributed by atoms with van der Waals surface area (Å²) < 4.78 is 87.4. The quantitative estimate of drug-likeness (QED) is 0.252. The lowest BCUT2D eigenvalue weighted by Crippen LogP contribution is -2.51. The summed E-state index contributed by atoms with van der Waals surface area (Å²) in [6.07, 6.45) is -3.84. The van der Waals surface area contributed by atoms with Crippen LogP contribution in [0.3, 0.4) is 0 Å². The van der Waals surface area contributed by atoms with Crippen molar-refractivity contribution in [3.8, 4) is 0 Å². The lowest BCUT2D eigenvalue weighted by molar-refractivity contribution is -0.137. The van der Waals surface area contributed by atoms with Crippen molar-refractivity contribution in [1.82, 2.24) is 9.71 Å². The fourth-order valence-electron chi connectivity index (χ4n) is 3.93. The Morgan fingerprint density at radius 3 is 2.05 bits per heavy atom. The third-order valence-corrected chi connectivity index (χ3v) is 6.87. The summed E-state index contributed by atoms with van der Waals surface area (Å²) in [5, 5.41) is 0.220. The van der Waals surface area contributed by atoms with Gasteiger partial charge in [-0.3, -0.25) is 9.71 Å². The highest BCUT2D eigenvalue weighted by Gasteiger charge is 2.42. The summed E-state index contributed by atoms with van der Waals surface area (Å²) in [6.45, 7) is 0. The second-order valence-corrected chi connectivity index (χ2v) is 10.1. The predicted octanol–water partition coefficient (Wildman–Crippen LogP) is 6.33. The molecule has 0 bridgehead atoms. The number of hydrogen-bond acceptors (Lipinski definition) is 3. The summed E-state index contributed by atoms with van der Waals surface area (Å²) in [5.41, 5.74) is -2.75. The molecule has 3 aromatic carbocycles. The molecule has 0 unspecified atom stereocenters. The lowest BCUT2D eigenvalue weighted by Gasteiger charge is -2.35. The van der Waals surface area contributed by atoms with E-state index in [9.17, 15) is 26.0 Å². The van der Waals surface area contributed by atoms with Gasteiger partial charge in [0.25, 0.3) is 10.2 Å². The zero-order valence-electron chi connectivity index (χ0n) is 19.0. The smallest absolute Gasteiger partial charge is 0.271 e. The molecule has 0 radical (unpaired) electrons. The van der Waals surface area contributed by atoms with Gasteiger partial charge in [0.15, 0.2) is 0 Å². The van der Waals surface area contributed by atoms with Crippen LogP contribution in [-0.4, -0.2) is 13.4 Å². The second-order valence-electron chi connectivity index (χ2n) is 8.23. The largest absolute Gasteiger partial charge is 0.416 e. The zero-order valence-corrected chi connectivity index (χ0v) is 20.6. The van der Waals surface area contributed by atoms with E-state index in [2.05, 4.69) is 14.4 Å². The summed E-state index contributed by atoms with van der Waals surface area (Å²) in [6, 6.07) is 21.1. The van der Waals surface area contributed by atoms with E-state index >= 15 is 0 Å². The molecule has 5 nitrogen and oxygen atoms in total. The van der Waals surface area contributed by atoms with Crippen molar-refractivity contribution >= 4 is 27.5 Å². The van der Waals surface area contributed by atoms with Crippen LogP contribution in [0.1, 0.15) is 22.4 Å². The molecule has 0 saturated carbocycles. The number of halogens is 5. The number of nitrogens with zero attached hydrogens (tertiary/aromatic N) is 1. The number of nitrogens with one attached hydrogen (secondary N) is 2. The average molecular weight is 550 g/mol. The van der Waals surface area contributed by atoms with E-state index in [0.29, 0.717) is 17.7 Å². The Kier molecular flexibility index (Phi) is 7.54. The molecule has 0 aliphatic carbocycles. The fourth-order valence-corrected chi connectivity index (χ4v) is 5.30. The van der Waals surface area contributed by atoms with Gasteiger partial charge in [-0.1, -0.05) is 60.1 Å². The van der Waals surface area contributed by atoms with Crippen molar-refractivity contribution in [2.75, 3.05) is 4.72 Å². The zero-order chi connectivity index (χ0) is 26.7. The van der Waals surface area contributed by atoms with Crippen LogP contribution in [-0.2, 0) is 28.3 Å². The van der Waals surface area contributed by atoms with E-state index in [4.69, 9.17) is 11.6 Å². The molecule has 11 heteroatoms. The highest BCUT2D eigenvalue weighted by molar-refractivity contribution is 7.90. The molecule has 0 fully saturated rings. The predicted molar refractivity (Wildman–Crippen MR) is 134 cm³/mol. The summed E-state index contributed by atoms with van der Waals surface area (Å²) in [7, 11) is -4.46. The number of anilines is 1. The van der Waals surface area contributed by atoms with Crippen molar-refractivity contribution in [3.63, 3.8) is 0 Å². The monoisotopic (exact) mass is 549 g/mol. The summed E-state index contributed by atoms with van der Waals surface area (Å²) in [5.74, 6) is -1.19. The maximum atomic E-state index is 14.7. The molecule has 192 valence electrons. The van der Waals surface area contributed by atoms with Gasteiger partial charge in [-0.15, -0.1) is 0 Å². The van der Waals surface area contributed by atoms with Gasteiger partial charge in [-0.05, 0) is 53.6 Å². The molecule has 0 spiro atoms. The van der Waals surface area contributed by atoms with E-state index in [1.54, 1.807) is 48.5 Å². The number of benzene rings is 3. The Labute approximate surface area is 216 Å². The summed E-state index contributed by atoms with van der Waals surface area (Å²) in [4.78, 5) is 4.25. The van der Waals surface area contributed by atoms with E-state index in [1.807, 2.05) is 0 Å². The molecule has 1 atom stereocenters. The van der Waals surface area contributed by atoms with E-state index in [0.717, 1.165) is 6.07 Å². The molecule has 4 rings (SSSR count). The van der Waals surface area contributed by atoms with Crippen LogP contribution in [0.2, 0.25) is 5.02 Å². The molecule has 2 N–H and O–H groups in total. The number of rotatable bonds is 8. The van der Waals surface area contributed by atoms with Gasteiger partial charge in [0.2, 0.25) is 0 Å². The van der Waals surface area contributed by atoms with Gasteiger partial charge in [0, 0.05) is 18.3 Å². The third-order valence-electron chi connectivity index (χ3n) is 5.53. The normalized spacial score (nSPS) is 13.6. The van der Waals surface area contributed by atoms with Crippen molar-refractivity contribution in [3.05, 3.63) is 130 Å². The maximum absolute atomic E-state index is 14.7. The number of aromatic nitrogens is 1. The number of hydrogen-bond donors (Lipinski definition) is 2. The van der Waals surface area contributed by atoms with Crippen LogP contribution >= 0.6 is 11.6 Å². The van der Waals surface area contributed by atoms with Crippen LogP contribution in [0.25, 0.3) is 0 Å². The Morgan fingerprint density at radius 1 is 0.838 bits per heavy atom. The van der Waals surface area contributed by atoms with Gasteiger partial charge in [0.05, 0.1) is 16.3 Å². The van der Waals surface area contributed by atoms with Gasteiger partial charge in [-0.25, -0.2) is 4.39 Å². The lowest BCUT2D eigenvalue weighted by atomic mass is 9.81. The first-order valence-electron chi connectivity index (χ1n) is 10.9. The van der Waals surface area contributed by atoms with Crippen LogP contribution in [0.4, 0.5) is 23.2 Å². The van der Waals surface area contributed by atoms with Gasteiger partial charge >= 0.3 is 6.18 Å².